The third-order valence-corrected chi connectivity index (χ3v) is 9.20. The van der Waals surface area contributed by atoms with Crippen LogP contribution in [0.2, 0.25) is 0 Å². The summed E-state index contributed by atoms with van der Waals surface area (Å²) in [6.45, 7) is 4.49. The van der Waals surface area contributed by atoms with Crippen LogP contribution >= 0.6 is 0 Å². The van der Waals surface area contributed by atoms with Crippen LogP contribution in [-0.2, 0) is 28.6 Å². The molecule has 0 amide bonds. The minimum atomic E-state index is -1.13. The number of allylic oxidation sites excluding steroid dienone is 8. The smallest absolute Gasteiger partial charge is 0.306 e. The summed E-state index contributed by atoms with van der Waals surface area (Å²) in [7, 11) is 5.39. The van der Waals surface area contributed by atoms with Gasteiger partial charge in [0.1, 0.15) is 12.6 Å². The van der Waals surface area contributed by atoms with Crippen LogP contribution in [0.5, 0.6) is 0 Å². The van der Waals surface area contributed by atoms with Gasteiger partial charge in [0.05, 0.1) is 40.3 Å². The van der Waals surface area contributed by atoms with E-state index in [9.17, 15) is 19.5 Å². The second-order valence-corrected chi connectivity index (χ2v) is 15.2. The van der Waals surface area contributed by atoms with Crippen molar-refractivity contribution >= 4 is 17.9 Å². The number of carboxylic acid groups (broad SMARTS) is 1. The van der Waals surface area contributed by atoms with E-state index >= 15 is 0 Å². The Kier molecular flexibility index (Phi) is 34.4. The van der Waals surface area contributed by atoms with E-state index in [1.807, 2.05) is 0 Å². The van der Waals surface area contributed by atoms with Gasteiger partial charge >= 0.3 is 11.9 Å². The number of nitrogens with zero attached hydrogens (tertiary/aromatic N) is 1. The number of ether oxygens (including phenoxy) is 3. The summed E-state index contributed by atoms with van der Waals surface area (Å²) in [5.41, 5.74) is 0. The Hall–Kier alpha value is -2.71. The second kappa shape index (κ2) is 36.3. The van der Waals surface area contributed by atoms with Crippen LogP contribution in [0.15, 0.2) is 48.6 Å². The topological polar surface area (TPSA) is 102 Å². The molecule has 0 saturated carbocycles. The molecule has 8 nitrogen and oxygen atoms in total. The molecule has 0 aromatic carbocycles. The zero-order valence-electron chi connectivity index (χ0n) is 34.7. The number of likely N-dealkylation sites (N-methyl/N-ethyl adjacent to an activating group) is 1. The van der Waals surface area contributed by atoms with E-state index in [-0.39, 0.29) is 42.7 Å². The maximum absolute atomic E-state index is 12.7. The van der Waals surface area contributed by atoms with Crippen molar-refractivity contribution in [1.82, 2.24) is 0 Å². The van der Waals surface area contributed by atoms with Crippen molar-refractivity contribution in [1.29, 1.82) is 0 Å². The molecular formula is C45H79NO7. The number of hydrogen-bond donors (Lipinski definition) is 0. The third kappa shape index (κ3) is 34.8. The quantitative estimate of drug-likeness (QED) is 0.0270. The zero-order valence-corrected chi connectivity index (χ0v) is 34.7. The van der Waals surface area contributed by atoms with Crippen LogP contribution in [0.25, 0.3) is 0 Å². The van der Waals surface area contributed by atoms with E-state index in [1.54, 1.807) is 21.1 Å². The number of hydrogen-bond acceptors (Lipinski definition) is 7. The Morgan fingerprint density at radius 3 is 1.55 bits per heavy atom. The molecule has 0 radical (unpaired) electrons. The fourth-order valence-corrected chi connectivity index (χ4v) is 5.90. The van der Waals surface area contributed by atoms with Gasteiger partial charge in [0, 0.05) is 19.3 Å². The van der Waals surface area contributed by atoms with E-state index in [0.717, 1.165) is 83.5 Å². The molecule has 0 aromatic rings. The third-order valence-electron chi connectivity index (χ3n) is 9.20. The molecule has 0 N–H and O–H groups in total. The van der Waals surface area contributed by atoms with Gasteiger partial charge in [-0.25, -0.2) is 0 Å². The van der Waals surface area contributed by atoms with Gasteiger partial charge in [-0.2, -0.15) is 0 Å². The average Bonchev–Trinajstić information content (AvgIpc) is 3.11. The number of esters is 2. The standard InChI is InChI=1S/C45H79NO7/c1-6-8-10-12-14-16-18-20-21-22-23-24-26-28-30-32-34-36-44(48)53-41(39-51-38-37-42(45(49)50)46(3,4)5)40-52-43(47)35-33-31-29-27-25-19-17-15-13-11-9-7-2/h9,11,14-17,20-21,41-42H,6-8,10,12-13,18-19,22-40H2,1-5H3/b11-9+,16-14+,17-15+,21-20+. The number of carbonyl (C=O) groups excluding carboxylic acids is 3. The monoisotopic (exact) mass is 746 g/mol. The van der Waals surface area contributed by atoms with E-state index in [0.29, 0.717) is 12.8 Å². The van der Waals surface area contributed by atoms with E-state index in [4.69, 9.17) is 14.2 Å². The number of quaternary nitrogens is 1. The molecular weight excluding hydrogens is 666 g/mol. The number of carbonyl (C=O) groups is 3. The minimum absolute atomic E-state index is 0.0319. The molecule has 0 saturated heterocycles. The minimum Gasteiger partial charge on any atom is -0.544 e. The molecule has 0 spiro atoms. The molecule has 0 aliphatic heterocycles. The van der Waals surface area contributed by atoms with Crippen molar-refractivity contribution in [3.05, 3.63) is 48.6 Å². The average molecular weight is 746 g/mol. The number of carboxylic acids is 1. The van der Waals surface area contributed by atoms with Gasteiger partial charge in [-0.1, -0.05) is 127 Å². The summed E-state index contributed by atoms with van der Waals surface area (Å²) in [4.78, 5) is 36.8. The van der Waals surface area contributed by atoms with Crippen LogP contribution in [0.1, 0.15) is 168 Å². The molecule has 0 fully saturated rings. The van der Waals surface area contributed by atoms with Crippen molar-refractivity contribution in [2.75, 3.05) is 41.0 Å². The van der Waals surface area contributed by atoms with Crippen molar-refractivity contribution in [2.45, 2.75) is 180 Å². The Balaban J connectivity index is 4.39. The summed E-state index contributed by atoms with van der Waals surface area (Å²) in [5.74, 6) is -1.77. The Labute approximate surface area is 325 Å². The van der Waals surface area contributed by atoms with Crippen LogP contribution in [-0.4, -0.2) is 75.5 Å². The van der Waals surface area contributed by atoms with Crippen molar-refractivity contribution in [3.63, 3.8) is 0 Å². The summed E-state index contributed by atoms with van der Waals surface area (Å²) in [5, 5.41) is 11.6. The Morgan fingerprint density at radius 1 is 0.585 bits per heavy atom. The lowest BCUT2D eigenvalue weighted by molar-refractivity contribution is -0.889. The van der Waals surface area contributed by atoms with Crippen LogP contribution in [0.3, 0.4) is 0 Å². The van der Waals surface area contributed by atoms with Crippen molar-refractivity contribution in [3.8, 4) is 0 Å². The molecule has 53 heavy (non-hydrogen) atoms. The van der Waals surface area contributed by atoms with E-state index in [1.165, 1.54) is 51.4 Å². The van der Waals surface area contributed by atoms with Crippen molar-refractivity contribution in [2.24, 2.45) is 0 Å². The predicted molar refractivity (Wildman–Crippen MR) is 217 cm³/mol. The fraction of sp³-hybridized carbons (Fsp3) is 0.756. The molecule has 0 heterocycles. The maximum Gasteiger partial charge on any atom is 0.306 e. The maximum atomic E-state index is 12.7. The molecule has 0 aromatic heterocycles. The summed E-state index contributed by atoms with van der Waals surface area (Å²) in [6.07, 6.45) is 41.3. The van der Waals surface area contributed by atoms with Gasteiger partial charge in [-0.15, -0.1) is 0 Å². The van der Waals surface area contributed by atoms with Gasteiger partial charge in [-0.3, -0.25) is 9.59 Å². The number of aliphatic carboxylic acids is 1. The zero-order chi connectivity index (χ0) is 39.3. The Morgan fingerprint density at radius 2 is 1.06 bits per heavy atom. The summed E-state index contributed by atoms with van der Waals surface area (Å²) >= 11 is 0. The van der Waals surface area contributed by atoms with Gasteiger partial charge in [0.2, 0.25) is 0 Å². The van der Waals surface area contributed by atoms with E-state index < -0.39 is 18.1 Å². The highest BCUT2D eigenvalue weighted by Crippen LogP contribution is 2.13. The van der Waals surface area contributed by atoms with Crippen LogP contribution < -0.4 is 5.11 Å². The van der Waals surface area contributed by atoms with E-state index in [2.05, 4.69) is 62.5 Å². The molecule has 0 rings (SSSR count). The lowest BCUT2D eigenvalue weighted by atomic mass is 10.1. The molecule has 2 atom stereocenters. The number of unbranched alkanes of at least 4 members (excludes halogenated alkanes) is 15. The van der Waals surface area contributed by atoms with Gasteiger partial charge in [0.15, 0.2) is 6.10 Å². The van der Waals surface area contributed by atoms with Gasteiger partial charge < -0.3 is 28.6 Å². The first-order chi connectivity index (χ1) is 25.6. The van der Waals surface area contributed by atoms with Gasteiger partial charge in [-0.05, 0) is 70.6 Å². The molecule has 306 valence electrons. The summed E-state index contributed by atoms with van der Waals surface area (Å²) in [6, 6.07) is -0.729. The highest BCUT2D eigenvalue weighted by Gasteiger charge is 2.25. The first-order valence-electron chi connectivity index (χ1n) is 21.2. The first-order valence-corrected chi connectivity index (χ1v) is 21.2. The summed E-state index contributed by atoms with van der Waals surface area (Å²) < 4.78 is 17.1. The number of rotatable bonds is 37. The lowest BCUT2D eigenvalue weighted by Crippen LogP contribution is -2.55. The second-order valence-electron chi connectivity index (χ2n) is 15.2. The van der Waals surface area contributed by atoms with Crippen LogP contribution in [0.4, 0.5) is 0 Å². The molecule has 8 heteroatoms. The van der Waals surface area contributed by atoms with Gasteiger partial charge in [0.25, 0.3) is 0 Å². The van der Waals surface area contributed by atoms with Crippen LogP contribution in [0, 0.1) is 0 Å². The molecule has 0 aliphatic carbocycles. The molecule has 0 aliphatic rings. The molecule has 2 unspecified atom stereocenters. The fourth-order valence-electron chi connectivity index (χ4n) is 5.90. The SMILES string of the molecule is CC/C=C/C/C=C/CCCCCCCC(=O)OCC(COCCC(C(=O)[O-])[N+](C)(C)C)OC(=O)CCCCCCCCC/C=C/C/C=C/CCCCC. The predicted octanol–water partition coefficient (Wildman–Crippen LogP) is 9.91. The highest BCUT2D eigenvalue weighted by molar-refractivity contribution is 5.70. The largest absolute Gasteiger partial charge is 0.544 e. The highest BCUT2D eigenvalue weighted by atomic mass is 16.6. The normalized spacial score (nSPS) is 13.5. The molecule has 0 bridgehead atoms. The van der Waals surface area contributed by atoms with Crippen molar-refractivity contribution < 1.29 is 38.2 Å². The first kappa shape index (κ1) is 50.3. The lowest BCUT2D eigenvalue weighted by Gasteiger charge is -2.34. The Bertz CT molecular complexity index is 1010.